The molecular formula is C11H18N2O3. The first-order chi connectivity index (χ1) is 7.56. The molecule has 0 saturated carbocycles. The molecule has 0 spiro atoms. The van der Waals surface area contributed by atoms with E-state index in [1.165, 1.54) is 4.90 Å². The average molecular weight is 226 g/mol. The molecule has 0 N–H and O–H groups in total. The Bertz CT molecular complexity index is 280. The lowest BCUT2D eigenvalue weighted by Gasteiger charge is -2.36. The highest BCUT2D eigenvalue weighted by molar-refractivity contribution is 6.01. The number of imide groups is 1. The predicted octanol–water partition coefficient (Wildman–Crippen LogP) is 0.202. The molecule has 2 heterocycles. The molecule has 2 atom stereocenters. The van der Waals surface area contributed by atoms with E-state index in [9.17, 15) is 9.59 Å². The summed E-state index contributed by atoms with van der Waals surface area (Å²) in [6, 6.07) is 0. The molecule has 0 aromatic rings. The van der Waals surface area contributed by atoms with Gasteiger partial charge in [-0.1, -0.05) is 0 Å². The Morgan fingerprint density at radius 3 is 2.12 bits per heavy atom. The molecule has 2 aliphatic rings. The zero-order chi connectivity index (χ0) is 11.7. The van der Waals surface area contributed by atoms with Crippen LogP contribution in [-0.2, 0) is 14.3 Å². The van der Waals surface area contributed by atoms with Crippen molar-refractivity contribution in [1.29, 1.82) is 0 Å². The van der Waals surface area contributed by atoms with Gasteiger partial charge in [-0.05, 0) is 13.8 Å². The summed E-state index contributed by atoms with van der Waals surface area (Å²) in [6.45, 7) is 6.01. The molecule has 5 heteroatoms. The average Bonchev–Trinajstić information content (AvgIpc) is 2.48. The van der Waals surface area contributed by atoms with Crippen LogP contribution in [0.2, 0.25) is 0 Å². The van der Waals surface area contributed by atoms with Gasteiger partial charge in [0, 0.05) is 25.9 Å². The molecule has 16 heavy (non-hydrogen) atoms. The van der Waals surface area contributed by atoms with Gasteiger partial charge in [0.05, 0.1) is 18.9 Å². The van der Waals surface area contributed by atoms with E-state index in [2.05, 4.69) is 4.90 Å². The Morgan fingerprint density at radius 1 is 1.12 bits per heavy atom. The number of likely N-dealkylation sites (tertiary alicyclic amines) is 1. The van der Waals surface area contributed by atoms with Crippen LogP contribution in [0, 0.1) is 0 Å². The Morgan fingerprint density at radius 2 is 1.62 bits per heavy atom. The van der Waals surface area contributed by atoms with Crippen LogP contribution in [0.15, 0.2) is 0 Å². The van der Waals surface area contributed by atoms with Gasteiger partial charge in [-0.15, -0.1) is 0 Å². The molecule has 2 rings (SSSR count). The minimum absolute atomic E-state index is 0.0446. The molecule has 0 bridgehead atoms. The maximum atomic E-state index is 11.5. The van der Waals surface area contributed by atoms with Crippen LogP contribution in [0.5, 0.6) is 0 Å². The van der Waals surface area contributed by atoms with Gasteiger partial charge in [0.15, 0.2) is 0 Å². The summed E-state index contributed by atoms with van der Waals surface area (Å²) in [5, 5.41) is 0. The van der Waals surface area contributed by atoms with Crippen molar-refractivity contribution in [3.8, 4) is 0 Å². The summed E-state index contributed by atoms with van der Waals surface area (Å²) in [5.74, 6) is -0.0893. The second-order valence-electron chi connectivity index (χ2n) is 4.65. The fraction of sp³-hybridized carbons (Fsp3) is 0.818. The summed E-state index contributed by atoms with van der Waals surface area (Å²) in [6.07, 6.45) is 1.07. The monoisotopic (exact) mass is 226 g/mol. The lowest BCUT2D eigenvalue weighted by atomic mass is 10.2. The lowest BCUT2D eigenvalue weighted by molar-refractivity contribution is -0.144. The normalized spacial score (nSPS) is 32.5. The highest BCUT2D eigenvalue weighted by atomic mass is 16.5. The number of morpholine rings is 1. The minimum atomic E-state index is -0.0446. The zero-order valence-electron chi connectivity index (χ0n) is 9.81. The van der Waals surface area contributed by atoms with E-state index < -0.39 is 0 Å². The fourth-order valence-electron chi connectivity index (χ4n) is 2.38. The number of amides is 2. The van der Waals surface area contributed by atoms with Crippen molar-refractivity contribution in [3.05, 3.63) is 0 Å². The van der Waals surface area contributed by atoms with Gasteiger partial charge in [0.25, 0.3) is 0 Å². The molecule has 5 nitrogen and oxygen atoms in total. The Hall–Kier alpha value is -0.940. The van der Waals surface area contributed by atoms with E-state index in [1.54, 1.807) is 0 Å². The van der Waals surface area contributed by atoms with Gasteiger partial charge >= 0.3 is 0 Å². The zero-order valence-corrected chi connectivity index (χ0v) is 9.81. The first-order valence-corrected chi connectivity index (χ1v) is 5.77. The maximum Gasteiger partial charge on any atom is 0.230 e. The van der Waals surface area contributed by atoms with Crippen LogP contribution in [-0.4, -0.2) is 53.6 Å². The molecule has 0 unspecified atom stereocenters. The Balaban J connectivity index is 1.93. The van der Waals surface area contributed by atoms with Crippen molar-refractivity contribution in [1.82, 2.24) is 9.80 Å². The number of carbonyl (C=O) groups is 2. The van der Waals surface area contributed by atoms with E-state index in [1.807, 2.05) is 13.8 Å². The highest BCUT2D eigenvalue weighted by Crippen LogP contribution is 2.15. The Kier molecular flexibility index (Phi) is 3.25. The van der Waals surface area contributed by atoms with Crippen molar-refractivity contribution >= 4 is 11.8 Å². The standard InChI is InChI=1S/C11H18N2O3/c1-8-5-12(6-9(2)16-8)7-13-10(14)3-4-11(13)15/h8-9H,3-7H2,1-2H3/t8-,9-/m1/s1. The molecule has 2 aliphatic heterocycles. The van der Waals surface area contributed by atoms with E-state index in [-0.39, 0.29) is 24.0 Å². The van der Waals surface area contributed by atoms with Crippen molar-refractivity contribution in [2.24, 2.45) is 0 Å². The number of ether oxygens (including phenoxy) is 1. The topological polar surface area (TPSA) is 49.9 Å². The fourth-order valence-corrected chi connectivity index (χ4v) is 2.38. The summed E-state index contributed by atoms with van der Waals surface area (Å²) in [5.41, 5.74) is 0. The molecule has 0 aromatic heterocycles. The van der Waals surface area contributed by atoms with Crippen LogP contribution in [0.3, 0.4) is 0 Å². The van der Waals surface area contributed by atoms with Gasteiger partial charge in [-0.3, -0.25) is 19.4 Å². The molecular weight excluding hydrogens is 208 g/mol. The van der Waals surface area contributed by atoms with Gasteiger partial charge in [0.1, 0.15) is 0 Å². The van der Waals surface area contributed by atoms with E-state index >= 15 is 0 Å². The number of nitrogens with zero attached hydrogens (tertiary/aromatic N) is 2. The van der Waals surface area contributed by atoms with Crippen LogP contribution < -0.4 is 0 Å². The van der Waals surface area contributed by atoms with E-state index in [4.69, 9.17) is 4.74 Å². The highest BCUT2D eigenvalue weighted by Gasteiger charge is 2.32. The first kappa shape index (κ1) is 11.5. The van der Waals surface area contributed by atoms with E-state index in [0.29, 0.717) is 19.5 Å². The van der Waals surface area contributed by atoms with Crippen molar-refractivity contribution in [2.45, 2.75) is 38.9 Å². The minimum Gasteiger partial charge on any atom is -0.373 e. The lowest BCUT2D eigenvalue weighted by Crippen LogP contribution is -2.50. The molecule has 0 aliphatic carbocycles. The van der Waals surface area contributed by atoms with Gasteiger partial charge in [0.2, 0.25) is 11.8 Å². The van der Waals surface area contributed by atoms with E-state index in [0.717, 1.165) is 13.1 Å². The molecule has 0 radical (unpaired) electrons. The third kappa shape index (κ3) is 2.41. The SMILES string of the molecule is C[C@@H]1CN(CN2C(=O)CCC2=O)C[C@@H](C)O1. The molecule has 2 fully saturated rings. The smallest absolute Gasteiger partial charge is 0.230 e. The number of hydrogen-bond acceptors (Lipinski definition) is 4. The second-order valence-corrected chi connectivity index (χ2v) is 4.65. The maximum absolute atomic E-state index is 11.5. The summed E-state index contributed by atoms with van der Waals surface area (Å²) in [7, 11) is 0. The van der Waals surface area contributed by atoms with Crippen LogP contribution >= 0.6 is 0 Å². The van der Waals surface area contributed by atoms with Crippen molar-refractivity contribution < 1.29 is 14.3 Å². The van der Waals surface area contributed by atoms with Crippen LogP contribution in [0.4, 0.5) is 0 Å². The van der Waals surface area contributed by atoms with Crippen LogP contribution in [0.25, 0.3) is 0 Å². The Labute approximate surface area is 95.3 Å². The van der Waals surface area contributed by atoms with Crippen LogP contribution in [0.1, 0.15) is 26.7 Å². The molecule has 90 valence electrons. The largest absolute Gasteiger partial charge is 0.373 e. The van der Waals surface area contributed by atoms with Crippen molar-refractivity contribution in [2.75, 3.05) is 19.8 Å². The quantitative estimate of drug-likeness (QED) is 0.631. The molecule has 0 aromatic carbocycles. The predicted molar refractivity (Wildman–Crippen MR) is 57.5 cm³/mol. The van der Waals surface area contributed by atoms with Crippen molar-refractivity contribution in [3.63, 3.8) is 0 Å². The molecule has 2 saturated heterocycles. The third-order valence-electron chi connectivity index (χ3n) is 2.99. The third-order valence-corrected chi connectivity index (χ3v) is 2.99. The molecule has 2 amide bonds. The number of hydrogen-bond donors (Lipinski definition) is 0. The summed E-state index contributed by atoms with van der Waals surface area (Å²) in [4.78, 5) is 26.4. The summed E-state index contributed by atoms with van der Waals surface area (Å²) >= 11 is 0. The number of carbonyl (C=O) groups excluding carboxylic acids is 2. The van der Waals surface area contributed by atoms with Gasteiger partial charge < -0.3 is 4.74 Å². The summed E-state index contributed by atoms with van der Waals surface area (Å²) < 4.78 is 5.60. The first-order valence-electron chi connectivity index (χ1n) is 5.77. The number of rotatable bonds is 2. The van der Waals surface area contributed by atoms with Gasteiger partial charge in [-0.25, -0.2) is 0 Å². The van der Waals surface area contributed by atoms with Gasteiger partial charge in [-0.2, -0.15) is 0 Å². The second kappa shape index (κ2) is 4.51.